The summed E-state index contributed by atoms with van der Waals surface area (Å²) in [6.45, 7) is 6.75. The summed E-state index contributed by atoms with van der Waals surface area (Å²) >= 11 is 0. The largest absolute Gasteiger partial charge is 0.454 e. The Bertz CT molecular complexity index is 636. The Morgan fingerprint density at radius 3 is 2.32 bits per heavy atom. The summed E-state index contributed by atoms with van der Waals surface area (Å²) in [5.74, 6) is -1.03. The Morgan fingerprint density at radius 1 is 1.23 bits per heavy atom. The first-order valence-corrected chi connectivity index (χ1v) is 6.99. The van der Waals surface area contributed by atoms with Crippen molar-refractivity contribution < 1.29 is 14.3 Å². The Balaban J connectivity index is 2.61. The van der Waals surface area contributed by atoms with E-state index >= 15 is 0 Å². The zero-order valence-corrected chi connectivity index (χ0v) is 13.2. The van der Waals surface area contributed by atoms with Gasteiger partial charge in [-0.1, -0.05) is 0 Å². The average Bonchev–Trinajstić information content (AvgIpc) is 2.39. The lowest BCUT2D eigenvalue weighted by Crippen LogP contribution is -2.44. The number of hydrogen-bond acceptors (Lipinski definition) is 5. The van der Waals surface area contributed by atoms with Crippen molar-refractivity contribution in [1.82, 2.24) is 14.5 Å². The van der Waals surface area contributed by atoms with Crippen LogP contribution in [-0.2, 0) is 20.9 Å². The molecule has 1 N–H and O–H groups in total. The lowest BCUT2D eigenvalue weighted by molar-refractivity contribution is -0.154. The molecule has 0 atom stereocenters. The van der Waals surface area contributed by atoms with Crippen molar-refractivity contribution in [2.45, 2.75) is 46.3 Å². The molecule has 0 fully saturated rings. The maximum atomic E-state index is 12.0. The lowest BCUT2D eigenvalue weighted by atomic mass is 10.2. The fraction of sp³-hybridized carbons (Fsp3) is 0.571. The van der Waals surface area contributed by atoms with Crippen molar-refractivity contribution in [3.63, 3.8) is 0 Å². The summed E-state index contributed by atoms with van der Waals surface area (Å²) in [5, 5.41) is 0. The average molecular weight is 311 g/mol. The number of esters is 1. The zero-order valence-electron chi connectivity index (χ0n) is 13.2. The number of carbonyl (C=O) groups excluding carboxylic acids is 2. The van der Waals surface area contributed by atoms with Crippen LogP contribution >= 0.6 is 0 Å². The van der Waals surface area contributed by atoms with Crippen LogP contribution in [0.5, 0.6) is 0 Å². The van der Waals surface area contributed by atoms with Crippen LogP contribution in [0, 0.1) is 0 Å². The predicted octanol–water partition coefficient (Wildman–Crippen LogP) is -0.275. The molecular weight excluding hydrogens is 290 g/mol. The molecule has 8 heteroatoms. The Labute approximate surface area is 127 Å². The SMILES string of the molecule is CC(C)N(C(=O)COC(=O)Cn1ccc(=O)[nH]c1=O)C(C)C. The third kappa shape index (κ3) is 4.87. The second kappa shape index (κ2) is 7.58. The molecule has 22 heavy (non-hydrogen) atoms. The molecule has 0 saturated carbocycles. The highest BCUT2D eigenvalue weighted by molar-refractivity contribution is 5.81. The fourth-order valence-electron chi connectivity index (χ4n) is 2.14. The normalized spacial score (nSPS) is 10.8. The summed E-state index contributed by atoms with van der Waals surface area (Å²) in [7, 11) is 0. The Morgan fingerprint density at radius 2 is 1.82 bits per heavy atom. The molecule has 0 aromatic carbocycles. The van der Waals surface area contributed by atoms with E-state index < -0.39 is 17.2 Å². The van der Waals surface area contributed by atoms with Gasteiger partial charge in [-0.3, -0.25) is 23.9 Å². The molecule has 1 aromatic rings. The summed E-state index contributed by atoms with van der Waals surface area (Å²) < 4.78 is 5.89. The molecule has 1 amide bonds. The molecular formula is C14H21N3O5. The van der Waals surface area contributed by atoms with Crippen LogP contribution in [0.2, 0.25) is 0 Å². The minimum atomic E-state index is -0.727. The summed E-state index contributed by atoms with van der Waals surface area (Å²) in [6, 6.07) is 1.11. The number of nitrogens with zero attached hydrogens (tertiary/aromatic N) is 2. The number of ether oxygens (including phenoxy) is 1. The molecule has 8 nitrogen and oxygen atoms in total. The molecule has 1 heterocycles. The van der Waals surface area contributed by atoms with E-state index in [0.717, 1.165) is 10.6 Å². The van der Waals surface area contributed by atoms with Gasteiger partial charge in [-0.25, -0.2) is 4.79 Å². The van der Waals surface area contributed by atoms with Crippen molar-refractivity contribution in [3.8, 4) is 0 Å². The topological polar surface area (TPSA) is 101 Å². The number of aromatic nitrogens is 2. The van der Waals surface area contributed by atoms with Crippen molar-refractivity contribution in [2.75, 3.05) is 6.61 Å². The van der Waals surface area contributed by atoms with Gasteiger partial charge >= 0.3 is 11.7 Å². The molecule has 0 aliphatic heterocycles. The van der Waals surface area contributed by atoms with E-state index in [9.17, 15) is 19.2 Å². The van der Waals surface area contributed by atoms with E-state index in [2.05, 4.69) is 0 Å². The number of H-pyrrole nitrogens is 1. The van der Waals surface area contributed by atoms with Gasteiger partial charge in [0, 0.05) is 24.3 Å². The molecule has 122 valence electrons. The van der Waals surface area contributed by atoms with Crippen LogP contribution in [0.25, 0.3) is 0 Å². The van der Waals surface area contributed by atoms with Gasteiger partial charge in [-0.05, 0) is 27.7 Å². The van der Waals surface area contributed by atoms with Gasteiger partial charge in [0.1, 0.15) is 6.54 Å². The van der Waals surface area contributed by atoms with E-state index in [4.69, 9.17) is 4.74 Å². The first kappa shape index (κ1) is 17.7. The predicted molar refractivity (Wildman–Crippen MR) is 79.4 cm³/mol. The van der Waals surface area contributed by atoms with Crippen LogP contribution in [0.15, 0.2) is 21.9 Å². The summed E-state index contributed by atoms with van der Waals surface area (Å²) in [6.07, 6.45) is 1.19. The maximum Gasteiger partial charge on any atom is 0.328 e. The fourth-order valence-corrected chi connectivity index (χ4v) is 2.14. The minimum absolute atomic E-state index is 0.00646. The van der Waals surface area contributed by atoms with Crippen molar-refractivity contribution in [3.05, 3.63) is 33.1 Å². The summed E-state index contributed by atoms with van der Waals surface area (Å²) in [4.78, 5) is 49.7. The van der Waals surface area contributed by atoms with Gasteiger partial charge in [-0.2, -0.15) is 0 Å². The van der Waals surface area contributed by atoms with Crippen molar-refractivity contribution in [1.29, 1.82) is 0 Å². The number of aromatic amines is 1. The first-order chi connectivity index (χ1) is 10.2. The first-order valence-electron chi connectivity index (χ1n) is 6.99. The molecule has 1 rings (SSSR count). The highest BCUT2D eigenvalue weighted by Gasteiger charge is 2.21. The van der Waals surface area contributed by atoms with Gasteiger partial charge in [-0.15, -0.1) is 0 Å². The third-order valence-electron chi connectivity index (χ3n) is 2.95. The molecule has 0 spiro atoms. The Hall–Kier alpha value is -2.38. The number of amides is 1. The van der Waals surface area contributed by atoms with E-state index in [1.165, 1.54) is 6.20 Å². The van der Waals surface area contributed by atoms with Crippen LogP contribution < -0.4 is 11.2 Å². The summed E-state index contributed by atoms with van der Waals surface area (Å²) in [5.41, 5.74) is -1.25. The van der Waals surface area contributed by atoms with Crippen LogP contribution in [0.4, 0.5) is 0 Å². The number of nitrogens with one attached hydrogen (secondary N) is 1. The number of rotatable bonds is 6. The van der Waals surface area contributed by atoms with E-state index in [-0.39, 0.29) is 31.1 Å². The van der Waals surface area contributed by atoms with E-state index in [1.807, 2.05) is 32.7 Å². The highest BCUT2D eigenvalue weighted by atomic mass is 16.5. The molecule has 0 aliphatic rings. The van der Waals surface area contributed by atoms with Gasteiger partial charge in [0.05, 0.1) is 0 Å². The molecule has 0 bridgehead atoms. The van der Waals surface area contributed by atoms with Gasteiger partial charge in [0.25, 0.3) is 11.5 Å². The minimum Gasteiger partial charge on any atom is -0.454 e. The Kier molecular flexibility index (Phi) is 6.09. The van der Waals surface area contributed by atoms with Gasteiger partial charge in [0.15, 0.2) is 6.61 Å². The molecule has 0 saturated heterocycles. The van der Waals surface area contributed by atoms with Crippen molar-refractivity contribution in [2.24, 2.45) is 0 Å². The van der Waals surface area contributed by atoms with Crippen LogP contribution in [-0.4, -0.2) is 45.0 Å². The second-order valence-electron chi connectivity index (χ2n) is 5.39. The number of carbonyl (C=O) groups is 2. The maximum absolute atomic E-state index is 12.0. The molecule has 1 aromatic heterocycles. The van der Waals surface area contributed by atoms with Crippen LogP contribution in [0.3, 0.4) is 0 Å². The lowest BCUT2D eigenvalue weighted by Gasteiger charge is -2.30. The molecule has 0 aliphatic carbocycles. The number of hydrogen-bond donors (Lipinski definition) is 1. The van der Waals surface area contributed by atoms with Gasteiger partial charge < -0.3 is 9.64 Å². The molecule has 0 radical (unpaired) electrons. The molecule has 0 unspecified atom stereocenters. The quantitative estimate of drug-likeness (QED) is 0.728. The third-order valence-corrected chi connectivity index (χ3v) is 2.95. The smallest absolute Gasteiger partial charge is 0.328 e. The standard InChI is InChI=1S/C14H21N3O5/c1-9(2)17(10(3)4)12(19)8-22-13(20)7-16-6-5-11(18)15-14(16)21/h5-6,9-10H,7-8H2,1-4H3,(H,15,18,21). The zero-order chi connectivity index (χ0) is 16.9. The highest BCUT2D eigenvalue weighted by Crippen LogP contribution is 2.05. The van der Waals surface area contributed by atoms with E-state index in [0.29, 0.717) is 0 Å². The van der Waals surface area contributed by atoms with E-state index in [1.54, 1.807) is 4.90 Å². The van der Waals surface area contributed by atoms with Crippen molar-refractivity contribution >= 4 is 11.9 Å². The van der Waals surface area contributed by atoms with Crippen LogP contribution in [0.1, 0.15) is 27.7 Å². The monoisotopic (exact) mass is 311 g/mol. The van der Waals surface area contributed by atoms with Gasteiger partial charge in [0.2, 0.25) is 0 Å². The second-order valence-corrected chi connectivity index (χ2v) is 5.39.